The third-order valence-corrected chi connectivity index (χ3v) is 4.56. The van der Waals surface area contributed by atoms with Gasteiger partial charge in [0.2, 0.25) is 0 Å². The Balaban J connectivity index is 1.77. The van der Waals surface area contributed by atoms with E-state index in [4.69, 9.17) is 5.11 Å². The smallest absolute Gasteiger partial charge is 0.0471 e. The maximum absolute atomic E-state index is 9.00. The van der Waals surface area contributed by atoms with Crippen molar-refractivity contribution >= 4 is 0 Å². The Morgan fingerprint density at radius 1 is 0.625 bits per heavy atom. The normalized spacial score (nSPS) is 10.8. The van der Waals surface area contributed by atoms with E-state index in [0.717, 1.165) is 19.3 Å². The van der Waals surface area contributed by atoms with E-state index in [0.29, 0.717) is 0 Å². The topological polar surface area (TPSA) is 20.2 Å². The number of aryl methyl sites for hydroxylation is 3. The van der Waals surface area contributed by atoms with E-state index in [1.807, 2.05) is 0 Å². The molecule has 0 saturated heterocycles. The fourth-order valence-electron chi connectivity index (χ4n) is 3.16. The summed E-state index contributed by atoms with van der Waals surface area (Å²) in [5.74, 6) is 0. The highest BCUT2D eigenvalue weighted by atomic mass is 16.2. The van der Waals surface area contributed by atoms with Crippen molar-refractivity contribution in [2.75, 3.05) is 6.61 Å². The largest absolute Gasteiger partial charge is 0.396 e. The molecule has 0 aliphatic heterocycles. The molecule has 1 N–H and O–H groups in total. The van der Waals surface area contributed by atoms with Crippen LogP contribution in [0.5, 0.6) is 0 Å². The maximum atomic E-state index is 9.00. The Hall–Kier alpha value is -2.38. The van der Waals surface area contributed by atoms with Crippen LogP contribution in [-0.4, -0.2) is 11.7 Å². The standard InChI is InChI=1S/C23H24O/c1-18-6-2-4-8-22(18)23-9-5-3-7-21(23)15-14-19-10-12-20(13-11-19)16-17-24/h2-13,24H,14-17H2,1H3. The first-order valence-electron chi connectivity index (χ1n) is 8.60. The van der Waals surface area contributed by atoms with Crippen LogP contribution in [0.15, 0.2) is 72.8 Å². The monoisotopic (exact) mass is 316 g/mol. The van der Waals surface area contributed by atoms with Crippen LogP contribution in [0, 0.1) is 6.92 Å². The van der Waals surface area contributed by atoms with Crippen LogP contribution in [0.4, 0.5) is 0 Å². The zero-order valence-electron chi connectivity index (χ0n) is 14.2. The van der Waals surface area contributed by atoms with Gasteiger partial charge in [0.1, 0.15) is 0 Å². The molecular weight excluding hydrogens is 292 g/mol. The summed E-state index contributed by atoms with van der Waals surface area (Å²) >= 11 is 0. The van der Waals surface area contributed by atoms with Crippen molar-refractivity contribution in [1.29, 1.82) is 0 Å². The van der Waals surface area contributed by atoms with Crippen LogP contribution in [-0.2, 0) is 19.3 Å². The van der Waals surface area contributed by atoms with Gasteiger partial charge in [-0.3, -0.25) is 0 Å². The van der Waals surface area contributed by atoms with Crippen molar-refractivity contribution in [2.45, 2.75) is 26.2 Å². The number of hydrogen-bond donors (Lipinski definition) is 1. The van der Waals surface area contributed by atoms with E-state index >= 15 is 0 Å². The molecule has 0 spiro atoms. The molecule has 0 bridgehead atoms. The van der Waals surface area contributed by atoms with Crippen molar-refractivity contribution < 1.29 is 5.11 Å². The minimum absolute atomic E-state index is 0.211. The Labute approximate surface area is 144 Å². The third kappa shape index (κ3) is 3.93. The van der Waals surface area contributed by atoms with Crippen LogP contribution in [0.2, 0.25) is 0 Å². The molecule has 0 aromatic heterocycles. The second-order valence-corrected chi connectivity index (χ2v) is 6.26. The van der Waals surface area contributed by atoms with Crippen LogP contribution in [0.1, 0.15) is 22.3 Å². The number of benzene rings is 3. The molecule has 1 heteroatoms. The van der Waals surface area contributed by atoms with E-state index in [1.165, 1.54) is 33.4 Å². The van der Waals surface area contributed by atoms with Crippen molar-refractivity contribution in [3.63, 3.8) is 0 Å². The minimum Gasteiger partial charge on any atom is -0.396 e. The fraction of sp³-hybridized carbons (Fsp3) is 0.217. The predicted molar refractivity (Wildman–Crippen MR) is 101 cm³/mol. The zero-order chi connectivity index (χ0) is 16.8. The van der Waals surface area contributed by atoms with Crippen molar-refractivity contribution in [1.82, 2.24) is 0 Å². The summed E-state index contributed by atoms with van der Waals surface area (Å²) < 4.78 is 0. The molecule has 3 aromatic carbocycles. The van der Waals surface area contributed by atoms with Gasteiger partial charge in [-0.05, 0) is 59.6 Å². The Bertz CT molecular complexity index is 787. The fourth-order valence-corrected chi connectivity index (χ4v) is 3.16. The highest BCUT2D eigenvalue weighted by Crippen LogP contribution is 2.27. The summed E-state index contributed by atoms with van der Waals surface area (Å²) in [6.07, 6.45) is 2.79. The molecule has 0 unspecified atom stereocenters. The number of aliphatic hydroxyl groups is 1. The first-order valence-corrected chi connectivity index (χ1v) is 8.60. The van der Waals surface area contributed by atoms with Gasteiger partial charge in [-0.1, -0.05) is 72.8 Å². The van der Waals surface area contributed by atoms with E-state index in [9.17, 15) is 0 Å². The van der Waals surface area contributed by atoms with Crippen LogP contribution >= 0.6 is 0 Å². The van der Waals surface area contributed by atoms with E-state index in [1.54, 1.807) is 0 Å². The van der Waals surface area contributed by atoms with Crippen molar-refractivity contribution in [3.05, 3.63) is 95.1 Å². The lowest BCUT2D eigenvalue weighted by molar-refractivity contribution is 0.299. The summed E-state index contributed by atoms with van der Waals surface area (Å²) in [4.78, 5) is 0. The molecule has 24 heavy (non-hydrogen) atoms. The number of aliphatic hydroxyl groups excluding tert-OH is 1. The molecule has 0 aliphatic rings. The van der Waals surface area contributed by atoms with Gasteiger partial charge >= 0.3 is 0 Å². The van der Waals surface area contributed by atoms with E-state index in [-0.39, 0.29) is 6.61 Å². The average molecular weight is 316 g/mol. The van der Waals surface area contributed by atoms with Gasteiger partial charge in [0.05, 0.1) is 0 Å². The second-order valence-electron chi connectivity index (χ2n) is 6.26. The molecule has 0 atom stereocenters. The highest BCUT2D eigenvalue weighted by molar-refractivity contribution is 5.70. The Kier molecular flexibility index (Phi) is 5.45. The average Bonchev–Trinajstić information content (AvgIpc) is 2.62. The summed E-state index contributed by atoms with van der Waals surface area (Å²) in [5, 5.41) is 9.00. The first kappa shape index (κ1) is 16.5. The van der Waals surface area contributed by atoms with Gasteiger partial charge in [-0.15, -0.1) is 0 Å². The van der Waals surface area contributed by atoms with Crippen molar-refractivity contribution in [3.8, 4) is 11.1 Å². The van der Waals surface area contributed by atoms with Gasteiger partial charge in [0, 0.05) is 6.61 Å². The molecule has 122 valence electrons. The predicted octanol–water partition coefficient (Wildman–Crippen LogP) is 4.98. The minimum atomic E-state index is 0.211. The van der Waals surface area contributed by atoms with Crippen LogP contribution in [0.25, 0.3) is 11.1 Å². The summed E-state index contributed by atoms with van der Waals surface area (Å²) in [6, 6.07) is 25.9. The molecule has 0 heterocycles. The third-order valence-electron chi connectivity index (χ3n) is 4.56. The van der Waals surface area contributed by atoms with E-state index < -0.39 is 0 Å². The van der Waals surface area contributed by atoms with Gasteiger partial charge in [-0.25, -0.2) is 0 Å². The maximum Gasteiger partial charge on any atom is 0.0471 e. The quantitative estimate of drug-likeness (QED) is 0.680. The molecule has 3 aromatic rings. The molecule has 1 nitrogen and oxygen atoms in total. The molecule has 3 rings (SSSR count). The van der Waals surface area contributed by atoms with Crippen LogP contribution < -0.4 is 0 Å². The SMILES string of the molecule is Cc1ccccc1-c1ccccc1CCc1ccc(CCO)cc1. The lowest BCUT2D eigenvalue weighted by atomic mass is 9.93. The summed E-state index contributed by atoms with van der Waals surface area (Å²) in [7, 11) is 0. The summed E-state index contributed by atoms with van der Waals surface area (Å²) in [6.45, 7) is 2.38. The molecule has 0 radical (unpaired) electrons. The second kappa shape index (κ2) is 7.94. The van der Waals surface area contributed by atoms with Crippen LogP contribution in [0.3, 0.4) is 0 Å². The number of hydrogen-bond acceptors (Lipinski definition) is 1. The number of rotatable bonds is 6. The van der Waals surface area contributed by atoms with Gasteiger partial charge in [0.15, 0.2) is 0 Å². The van der Waals surface area contributed by atoms with Gasteiger partial charge in [-0.2, -0.15) is 0 Å². The lowest BCUT2D eigenvalue weighted by Gasteiger charge is -2.12. The first-order chi connectivity index (χ1) is 11.8. The van der Waals surface area contributed by atoms with Crippen molar-refractivity contribution in [2.24, 2.45) is 0 Å². The Morgan fingerprint density at radius 3 is 1.88 bits per heavy atom. The molecule has 0 amide bonds. The van der Waals surface area contributed by atoms with E-state index in [2.05, 4.69) is 79.7 Å². The molecule has 0 aliphatic carbocycles. The van der Waals surface area contributed by atoms with Gasteiger partial charge in [0.25, 0.3) is 0 Å². The zero-order valence-corrected chi connectivity index (χ0v) is 14.2. The highest BCUT2D eigenvalue weighted by Gasteiger charge is 2.07. The molecular formula is C23H24O. The summed E-state index contributed by atoms with van der Waals surface area (Å²) in [5.41, 5.74) is 7.92. The molecule has 0 fully saturated rings. The molecule has 0 saturated carbocycles. The lowest BCUT2D eigenvalue weighted by Crippen LogP contribution is -1.96. The van der Waals surface area contributed by atoms with Gasteiger partial charge < -0.3 is 5.11 Å². The Morgan fingerprint density at radius 2 is 1.21 bits per heavy atom.